The standard InChI is InChI=1S/C23H34N4O/c1-18(2)16-24-22-15-20(6-5-19(22)3)21-7-8-23(25-17-21)28-14-13-27-11-9-26(4)10-12-27/h5-8,15,17-18,24H,9-14,16H2,1-4H3. The zero-order chi connectivity index (χ0) is 19.9. The van der Waals surface area contributed by atoms with E-state index in [1.807, 2.05) is 12.3 Å². The number of aromatic nitrogens is 1. The Hall–Kier alpha value is -2.11. The average Bonchev–Trinajstić information content (AvgIpc) is 2.69. The fourth-order valence-corrected chi connectivity index (χ4v) is 3.29. The van der Waals surface area contributed by atoms with Crippen LogP contribution in [-0.2, 0) is 0 Å². The number of piperazine rings is 1. The van der Waals surface area contributed by atoms with E-state index in [4.69, 9.17) is 4.74 Å². The predicted molar refractivity (Wildman–Crippen MR) is 117 cm³/mol. The van der Waals surface area contributed by atoms with Crippen molar-refractivity contribution in [1.29, 1.82) is 0 Å². The van der Waals surface area contributed by atoms with Crippen LogP contribution >= 0.6 is 0 Å². The summed E-state index contributed by atoms with van der Waals surface area (Å²) in [7, 11) is 2.18. The van der Waals surface area contributed by atoms with Gasteiger partial charge in [0.2, 0.25) is 5.88 Å². The van der Waals surface area contributed by atoms with E-state index in [1.54, 1.807) is 0 Å². The van der Waals surface area contributed by atoms with Crippen LogP contribution in [0.2, 0.25) is 0 Å². The molecule has 152 valence electrons. The molecule has 1 N–H and O–H groups in total. The fourth-order valence-electron chi connectivity index (χ4n) is 3.29. The maximum absolute atomic E-state index is 5.86. The fraction of sp³-hybridized carbons (Fsp3) is 0.522. The van der Waals surface area contributed by atoms with E-state index >= 15 is 0 Å². The van der Waals surface area contributed by atoms with Crippen molar-refractivity contribution in [3.63, 3.8) is 0 Å². The highest BCUT2D eigenvalue weighted by Crippen LogP contribution is 2.26. The number of rotatable bonds is 8. The molecule has 3 rings (SSSR count). The van der Waals surface area contributed by atoms with Crippen LogP contribution in [0.25, 0.3) is 11.1 Å². The first-order valence-electron chi connectivity index (χ1n) is 10.4. The molecule has 5 heteroatoms. The number of pyridine rings is 1. The number of aryl methyl sites for hydroxylation is 1. The highest BCUT2D eigenvalue weighted by Gasteiger charge is 2.13. The van der Waals surface area contributed by atoms with E-state index in [0.717, 1.165) is 44.8 Å². The van der Waals surface area contributed by atoms with Crippen LogP contribution in [0.4, 0.5) is 5.69 Å². The normalized spacial score (nSPS) is 15.8. The van der Waals surface area contributed by atoms with Gasteiger partial charge in [0.05, 0.1) is 0 Å². The van der Waals surface area contributed by atoms with Crippen molar-refractivity contribution >= 4 is 5.69 Å². The van der Waals surface area contributed by atoms with E-state index in [2.05, 4.69) is 72.2 Å². The number of hydrogen-bond donors (Lipinski definition) is 1. The number of nitrogens with one attached hydrogen (secondary N) is 1. The van der Waals surface area contributed by atoms with Crippen LogP contribution in [0.15, 0.2) is 36.5 Å². The topological polar surface area (TPSA) is 40.6 Å². The van der Waals surface area contributed by atoms with Gasteiger partial charge >= 0.3 is 0 Å². The summed E-state index contributed by atoms with van der Waals surface area (Å²) in [5.41, 5.74) is 4.74. The lowest BCUT2D eigenvalue weighted by atomic mass is 10.0. The van der Waals surface area contributed by atoms with E-state index in [0.29, 0.717) is 18.4 Å². The van der Waals surface area contributed by atoms with Gasteiger partial charge in [-0.25, -0.2) is 4.98 Å². The Kier molecular flexibility index (Phi) is 7.29. The molecule has 0 atom stereocenters. The summed E-state index contributed by atoms with van der Waals surface area (Å²) in [4.78, 5) is 9.33. The van der Waals surface area contributed by atoms with Crippen LogP contribution in [0.5, 0.6) is 5.88 Å². The van der Waals surface area contributed by atoms with E-state index in [9.17, 15) is 0 Å². The van der Waals surface area contributed by atoms with Crippen LogP contribution in [-0.4, -0.2) is 67.7 Å². The molecule has 1 aliphatic heterocycles. The Morgan fingerprint density at radius 2 is 1.82 bits per heavy atom. The Bertz CT molecular complexity index is 737. The summed E-state index contributed by atoms with van der Waals surface area (Å²) in [6.07, 6.45) is 1.90. The molecule has 0 radical (unpaired) electrons. The van der Waals surface area contributed by atoms with Crippen molar-refractivity contribution in [2.24, 2.45) is 5.92 Å². The van der Waals surface area contributed by atoms with Crippen molar-refractivity contribution in [1.82, 2.24) is 14.8 Å². The van der Waals surface area contributed by atoms with Gasteiger partial charge in [0.15, 0.2) is 0 Å². The molecule has 2 heterocycles. The molecule has 1 saturated heterocycles. The van der Waals surface area contributed by atoms with Gasteiger partial charge in [0.25, 0.3) is 0 Å². The molecule has 0 unspecified atom stereocenters. The summed E-state index contributed by atoms with van der Waals surface area (Å²) in [6.45, 7) is 13.7. The first kappa shape index (κ1) is 20.6. The molecule has 0 amide bonds. The summed E-state index contributed by atoms with van der Waals surface area (Å²) in [5.74, 6) is 1.31. The van der Waals surface area contributed by atoms with Crippen LogP contribution in [0.3, 0.4) is 0 Å². The van der Waals surface area contributed by atoms with Crippen molar-refractivity contribution < 1.29 is 4.74 Å². The van der Waals surface area contributed by atoms with Gasteiger partial charge < -0.3 is 15.0 Å². The lowest BCUT2D eigenvalue weighted by Crippen LogP contribution is -2.45. The van der Waals surface area contributed by atoms with Gasteiger partial charge in [-0.05, 0) is 43.1 Å². The minimum Gasteiger partial charge on any atom is -0.476 e. The largest absolute Gasteiger partial charge is 0.476 e. The van der Waals surface area contributed by atoms with Crippen molar-refractivity contribution in [3.8, 4) is 17.0 Å². The molecule has 1 aromatic heterocycles. The second-order valence-electron chi connectivity index (χ2n) is 8.18. The van der Waals surface area contributed by atoms with Crippen LogP contribution < -0.4 is 10.1 Å². The molecule has 5 nitrogen and oxygen atoms in total. The molecule has 0 bridgehead atoms. The van der Waals surface area contributed by atoms with E-state index in [-0.39, 0.29) is 0 Å². The van der Waals surface area contributed by atoms with E-state index in [1.165, 1.54) is 16.8 Å². The zero-order valence-electron chi connectivity index (χ0n) is 17.7. The summed E-state index contributed by atoms with van der Waals surface area (Å²) in [6, 6.07) is 10.6. The first-order valence-corrected chi connectivity index (χ1v) is 10.4. The minimum absolute atomic E-state index is 0.618. The second-order valence-corrected chi connectivity index (χ2v) is 8.18. The zero-order valence-corrected chi connectivity index (χ0v) is 17.7. The number of hydrogen-bond acceptors (Lipinski definition) is 5. The number of benzene rings is 1. The Balaban J connectivity index is 1.54. The quantitative estimate of drug-likeness (QED) is 0.753. The monoisotopic (exact) mass is 382 g/mol. The van der Waals surface area contributed by atoms with Crippen molar-refractivity contribution in [2.45, 2.75) is 20.8 Å². The third kappa shape index (κ3) is 5.94. The molecule has 1 aliphatic rings. The van der Waals surface area contributed by atoms with Crippen LogP contribution in [0, 0.1) is 12.8 Å². The Morgan fingerprint density at radius 1 is 1.07 bits per heavy atom. The first-order chi connectivity index (χ1) is 13.5. The van der Waals surface area contributed by atoms with E-state index < -0.39 is 0 Å². The summed E-state index contributed by atoms with van der Waals surface area (Å²) in [5, 5.41) is 3.54. The minimum atomic E-state index is 0.618. The van der Waals surface area contributed by atoms with Gasteiger partial charge in [0, 0.05) is 62.8 Å². The second kappa shape index (κ2) is 9.89. The molecule has 2 aromatic rings. The number of ether oxygens (including phenoxy) is 1. The lowest BCUT2D eigenvalue weighted by molar-refractivity contribution is 0.132. The lowest BCUT2D eigenvalue weighted by Gasteiger charge is -2.32. The number of anilines is 1. The number of likely N-dealkylation sites (N-methyl/N-ethyl adjacent to an activating group) is 1. The summed E-state index contributed by atoms with van der Waals surface area (Å²) >= 11 is 0. The van der Waals surface area contributed by atoms with Gasteiger partial charge in [-0.2, -0.15) is 0 Å². The molecular formula is C23H34N4O. The predicted octanol–water partition coefficient (Wildman–Crippen LogP) is 3.75. The Morgan fingerprint density at radius 3 is 2.50 bits per heavy atom. The SMILES string of the molecule is Cc1ccc(-c2ccc(OCCN3CCN(C)CC3)nc2)cc1NCC(C)C. The molecular weight excluding hydrogens is 348 g/mol. The summed E-state index contributed by atoms with van der Waals surface area (Å²) < 4.78 is 5.86. The maximum atomic E-state index is 5.86. The van der Waals surface area contributed by atoms with Crippen LogP contribution in [0.1, 0.15) is 19.4 Å². The molecule has 28 heavy (non-hydrogen) atoms. The third-order valence-corrected chi connectivity index (χ3v) is 5.26. The highest BCUT2D eigenvalue weighted by atomic mass is 16.5. The molecule has 0 spiro atoms. The molecule has 0 saturated carbocycles. The van der Waals surface area contributed by atoms with Gasteiger partial charge in [-0.3, -0.25) is 4.90 Å². The third-order valence-electron chi connectivity index (χ3n) is 5.26. The van der Waals surface area contributed by atoms with Gasteiger partial charge in [-0.1, -0.05) is 26.0 Å². The smallest absolute Gasteiger partial charge is 0.213 e. The molecule has 0 aliphatic carbocycles. The number of nitrogens with zero attached hydrogens (tertiary/aromatic N) is 3. The maximum Gasteiger partial charge on any atom is 0.213 e. The average molecular weight is 383 g/mol. The van der Waals surface area contributed by atoms with Gasteiger partial charge in [-0.15, -0.1) is 0 Å². The highest BCUT2D eigenvalue weighted by molar-refractivity contribution is 5.69. The molecule has 1 aromatic carbocycles. The van der Waals surface area contributed by atoms with Crippen molar-refractivity contribution in [3.05, 3.63) is 42.1 Å². The van der Waals surface area contributed by atoms with Crippen molar-refractivity contribution in [2.75, 3.05) is 58.2 Å². The Labute approximate surface area is 169 Å². The van der Waals surface area contributed by atoms with Gasteiger partial charge in [0.1, 0.15) is 6.61 Å². The molecule has 1 fully saturated rings.